The van der Waals surface area contributed by atoms with Gasteiger partial charge in [0.25, 0.3) is 0 Å². The van der Waals surface area contributed by atoms with Crippen molar-refractivity contribution in [2.24, 2.45) is 0 Å². The smallest absolute Gasteiger partial charge is 0.348 e. The topological polar surface area (TPSA) is 118 Å². The highest BCUT2D eigenvalue weighted by molar-refractivity contribution is 7.91. The summed E-state index contributed by atoms with van der Waals surface area (Å²) >= 11 is 1.19. The molecule has 148 valence electrons. The highest BCUT2D eigenvalue weighted by Gasteiger charge is 2.21. The molecule has 0 radical (unpaired) electrons. The van der Waals surface area contributed by atoms with E-state index in [4.69, 9.17) is 4.74 Å². The molecule has 0 saturated heterocycles. The number of aromatic hydroxyl groups is 1. The van der Waals surface area contributed by atoms with Gasteiger partial charge in [0.05, 0.1) is 28.3 Å². The van der Waals surface area contributed by atoms with Gasteiger partial charge in [0, 0.05) is 0 Å². The van der Waals surface area contributed by atoms with Crippen molar-refractivity contribution in [1.29, 1.82) is 0 Å². The third kappa shape index (κ3) is 3.65. The molecular weight excluding hydrogens is 402 g/mol. The standard InChI is InChI=1S/C18H19N3O5S2/c1-4-26-18(23)15-10(3)14-16(19-9-20-17(14)27-15)21-12-8-11(6-7-13(12)22)28(24,25)5-2/h6-9,22H,4-5H2,1-3H3,(H,19,20,21). The van der Waals surface area contributed by atoms with E-state index in [0.29, 0.717) is 26.5 Å². The molecule has 0 saturated carbocycles. The fraction of sp³-hybridized carbons (Fsp3) is 0.278. The number of sulfone groups is 1. The Morgan fingerprint density at radius 1 is 1.29 bits per heavy atom. The van der Waals surface area contributed by atoms with Crippen LogP contribution in [0.5, 0.6) is 5.75 Å². The van der Waals surface area contributed by atoms with Crippen LogP contribution in [0.15, 0.2) is 29.4 Å². The summed E-state index contributed by atoms with van der Waals surface area (Å²) in [5, 5.41) is 13.7. The van der Waals surface area contributed by atoms with Crippen LogP contribution in [0.4, 0.5) is 11.5 Å². The number of hydrogen-bond acceptors (Lipinski definition) is 9. The first-order valence-corrected chi connectivity index (χ1v) is 11.0. The van der Waals surface area contributed by atoms with Crippen LogP contribution in [0.25, 0.3) is 10.2 Å². The van der Waals surface area contributed by atoms with Gasteiger partial charge >= 0.3 is 5.97 Å². The number of carbonyl (C=O) groups is 1. The molecule has 0 spiro atoms. The maximum Gasteiger partial charge on any atom is 0.348 e. The number of phenols is 1. The van der Waals surface area contributed by atoms with Crippen LogP contribution in [0, 0.1) is 6.92 Å². The molecule has 2 aromatic heterocycles. The Kier molecular flexibility index (Phi) is 5.52. The number of benzene rings is 1. The minimum Gasteiger partial charge on any atom is -0.506 e. The van der Waals surface area contributed by atoms with E-state index in [1.54, 1.807) is 20.8 Å². The molecule has 8 nitrogen and oxygen atoms in total. The van der Waals surface area contributed by atoms with Gasteiger partial charge in [-0.15, -0.1) is 11.3 Å². The Bertz CT molecular complexity index is 1160. The van der Waals surface area contributed by atoms with Gasteiger partial charge in [-0.1, -0.05) is 6.92 Å². The summed E-state index contributed by atoms with van der Waals surface area (Å²) in [5.74, 6) is -0.259. The van der Waals surface area contributed by atoms with E-state index in [1.807, 2.05) is 0 Å². The summed E-state index contributed by atoms with van der Waals surface area (Å²) in [5.41, 5.74) is 0.844. The zero-order valence-corrected chi connectivity index (χ0v) is 17.1. The first-order chi connectivity index (χ1) is 13.3. The molecule has 0 fully saturated rings. The number of hydrogen-bond donors (Lipinski definition) is 2. The number of nitrogens with zero attached hydrogens (tertiary/aromatic N) is 2. The second-order valence-electron chi connectivity index (χ2n) is 5.89. The van der Waals surface area contributed by atoms with E-state index >= 15 is 0 Å². The van der Waals surface area contributed by atoms with E-state index in [2.05, 4.69) is 15.3 Å². The van der Waals surface area contributed by atoms with Crippen LogP contribution in [0.2, 0.25) is 0 Å². The number of phenolic OH excluding ortho intramolecular Hbond substituents is 1. The van der Waals surface area contributed by atoms with Crippen LogP contribution >= 0.6 is 11.3 Å². The molecular formula is C18H19N3O5S2. The first-order valence-electron chi connectivity index (χ1n) is 8.52. The summed E-state index contributed by atoms with van der Waals surface area (Å²) in [6.07, 6.45) is 1.33. The molecule has 0 aliphatic carbocycles. The Balaban J connectivity index is 2.09. The molecule has 2 heterocycles. The van der Waals surface area contributed by atoms with E-state index in [9.17, 15) is 18.3 Å². The van der Waals surface area contributed by atoms with Gasteiger partial charge in [-0.3, -0.25) is 0 Å². The van der Waals surface area contributed by atoms with Crippen LogP contribution in [-0.2, 0) is 14.6 Å². The van der Waals surface area contributed by atoms with Crippen molar-refractivity contribution in [2.75, 3.05) is 17.7 Å². The number of fused-ring (bicyclic) bond motifs is 1. The van der Waals surface area contributed by atoms with Gasteiger partial charge in [-0.05, 0) is 37.6 Å². The molecule has 2 N–H and O–H groups in total. The van der Waals surface area contributed by atoms with Gasteiger partial charge in [-0.2, -0.15) is 0 Å². The van der Waals surface area contributed by atoms with Crippen molar-refractivity contribution in [1.82, 2.24) is 9.97 Å². The van der Waals surface area contributed by atoms with Gasteiger partial charge in [-0.25, -0.2) is 23.2 Å². The van der Waals surface area contributed by atoms with Crippen molar-refractivity contribution >= 4 is 48.9 Å². The minimum atomic E-state index is -3.44. The Morgan fingerprint density at radius 3 is 2.71 bits per heavy atom. The Morgan fingerprint density at radius 2 is 2.04 bits per heavy atom. The summed E-state index contributed by atoms with van der Waals surface area (Å²) in [7, 11) is -3.44. The number of esters is 1. The van der Waals surface area contributed by atoms with Crippen LogP contribution in [-0.4, -0.2) is 41.8 Å². The molecule has 0 unspecified atom stereocenters. The number of thiophene rings is 1. The van der Waals surface area contributed by atoms with Crippen molar-refractivity contribution < 1.29 is 23.1 Å². The number of rotatable bonds is 6. The molecule has 1 aromatic carbocycles. The SMILES string of the molecule is CCOC(=O)c1sc2ncnc(Nc3cc(S(=O)(=O)CC)ccc3O)c2c1C. The third-order valence-electron chi connectivity index (χ3n) is 4.15. The summed E-state index contributed by atoms with van der Waals surface area (Å²) < 4.78 is 29.4. The second kappa shape index (κ2) is 7.72. The number of aryl methyl sites for hydroxylation is 1. The van der Waals surface area contributed by atoms with Crippen LogP contribution < -0.4 is 5.32 Å². The average Bonchev–Trinajstić information content (AvgIpc) is 3.01. The lowest BCUT2D eigenvalue weighted by Crippen LogP contribution is -2.05. The second-order valence-corrected chi connectivity index (χ2v) is 9.16. The number of nitrogens with one attached hydrogen (secondary N) is 1. The summed E-state index contributed by atoms with van der Waals surface area (Å²) in [6.45, 7) is 5.30. The van der Waals surface area contributed by atoms with Crippen LogP contribution in [0.1, 0.15) is 29.1 Å². The lowest BCUT2D eigenvalue weighted by atomic mass is 10.2. The predicted molar refractivity (Wildman–Crippen MR) is 107 cm³/mol. The molecule has 0 atom stereocenters. The number of aromatic nitrogens is 2. The van der Waals surface area contributed by atoms with Gasteiger partial charge in [0.1, 0.15) is 27.6 Å². The average molecular weight is 422 g/mol. The number of ether oxygens (including phenoxy) is 1. The molecule has 0 aliphatic heterocycles. The predicted octanol–water partition coefficient (Wildman–Crippen LogP) is 3.42. The summed E-state index contributed by atoms with van der Waals surface area (Å²) in [4.78, 5) is 21.7. The molecule has 3 aromatic rings. The third-order valence-corrected chi connectivity index (χ3v) is 7.06. The first kappa shape index (κ1) is 20.0. The molecule has 0 aliphatic rings. The van der Waals surface area contributed by atoms with Gasteiger partial charge in [0.15, 0.2) is 9.84 Å². The molecule has 28 heavy (non-hydrogen) atoms. The van der Waals surface area contributed by atoms with E-state index in [-0.39, 0.29) is 28.7 Å². The zero-order valence-electron chi connectivity index (χ0n) is 15.5. The minimum absolute atomic E-state index is 0.0541. The number of anilines is 2. The van der Waals surface area contributed by atoms with Crippen LogP contribution in [0.3, 0.4) is 0 Å². The Labute approximate surface area is 166 Å². The molecule has 10 heteroatoms. The summed E-state index contributed by atoms with van der Waals surface area (Å²) in [6, 6.07) is 4.02. The fourth-order valence-corrected chi connectivity index (χ4v) is 4.61. The van der Waals surface area contributed by atoms with E-state index in [0.717, 1.165) is 0 Å². The van der Waals surface area contributed by atoms with Gasteiger partial charge < -0.3 is 15.2 Å². The van der Waals surface area contributed by atoms with Crippen molar-refractivity contribution in [3.05, 3.63) is 35.0 Å². The van der Waals surface area contributed by atoms with Crippen molar-refractivity contribution in [3.8, 4) is 5.75 Å². The monoisotopic (exact) mass is 421 g/mol. The quantitative estimate of drug-likeness (QED) is 0.459. The largest absolute Gasteiger partial charge is 0.506 e. The molecule has 3 rings (SSSR count). The van der Waals surface area contributed by atoms with E-state index < -0.39 is 15.8 Å². The highest BCUT2D eigenvalue weighted by Crippen LogP contribution is 2.37. The molecule has 0 amide bonds. The number of carbonyl (C=O) groups excluding carboxylic acids is 1. The maximum atomic E-state index is 12.2. The lowest BCUT2D eigenvalue weighted by Gasteiger charge is -2.11. The van der Waals surface area contributed by atoms with E-state index in [1.165, 1.54) is 35.9 Å². The van der Waals surface area contributed by atoms with Gasteiger partial charge in [0.2, 0.25) is 0 Å². The van der Waals surface area contributed by atoms with Crippen molar-refractivity contribution in [2.45, 2.75) is 25.7 Å². The molecule has 0 bridgehead atoms. The fourth-order valence-electron chi connectivity index (χ4n) is 2.66. The maximum absolute atomic E-state index is 12.2. The normalized spacial score (nSPS) is 11.5. The lowest BCUT2D eigenvalue weighted by molar-refractivity contribution is 0.0531. The highest BCUT2D eigenvalue weighted by atomic mass is 32.2. The zero-order chi connectivity index (χ0) is 20.5. The van der Waals surface area contributed by atoms with Crippen molar-refractivity contribution in [3.63, 3.8) is 0 Å². The Hall–Kier alpha value is -2.72.